The first-order valence-electron chi connectivity index (χ1n) is 26.1. The molecular formula is C48H95N3O26S3. The van der Waals surface area contributed by atoms with Gasteiger partial charge in [-0.15, -0.1) is 0 Å². The largest absolute Gasteiger partial charge is 0.394 e. The second-order valence-corrected chi connectivity index (χ2v) is 20.5. The quantitative estimate of drug-likeness (QED) is 0.0448. The van der Waals surface area contributed by atoms with Gasteiger partial charge in [-0.3, -0.25) is 14.4 Å². The number of carbonyl (C=O) groups excluding carboxylic acids is 3. The van der Waals surface area contributed by atoms with Gasteiger partial charge >= 0.3 is 0 Å². The van der Waals surface area contributed by atoms with Gasteiger partial charge in [-0.2, -0.15) is 37.9 Å². The van der Waals surface area contributed by atoms with Crippen molar-refractivity contribution in [3.8, 4) is 0 Å². The third-order valence-electron chi connectivity index (χ3n) is 13.1. The molecular weight excluding hydrogens is 1130 g/mol. The molecule has 5 saturated heterocycles. The van der Waals surface area contributed by atoms with Crippen molar-refractivity contribution in [2.75, 3.05) is 50.3 Å². The van der Waals surface area contributed by atoms with Crippen molar-refractivity contribution < 1.29 is 130 Å². The molecule has 0 radical (unpaired) electrons. The molecule has 3 amide bonds. The Morgan fingerprint density at radius 2 is 0.775 bits per heavy atom. The van der Waals surface area contributed by atoms with Crippen LogP contribution >= 0.6 is 37.9 Å². The summed E-state index contributed by atoms with van der Waals surface area (Å²) in [7, 11) is 0. The Balaban J connectivity index is 0.000000976. The SMILES string of the molecule is C.CC1OC(CO)[C@@H](O)[C@H](O)C1NC(=O)CCS.CC1OC(CO)[C@H](O)[C@H](O)C1NC(=O)CCS.CCCC(=O)NC1C(O)OC(CO)[C@@H](O)[C@@H]1O.CCCCO[C@H]1OC(CO)[C@H](O)[C@H](O)C1O.C[C@H]1OC(CS)[C@H](O)[C@H](O)C1O. The number of thiol groups is 3. The number of unbranched alkanes of at least 4 members (excludes halogenated alkanes) is 1. The molecule has 0 bridgehead atoms. The van der Waals surface area contributed by atoms with Gasteiger partial charge in [-0.05, 0) is 45.1 Å². The lowest BCUT2D eigenvalue weighted by atomic mass is 9.93. The average molecular weight is 1230 g/mol. The Labute approximate surface area is 483 Å². The molecule has 32 heteroatoms. The van der Waals surface area contributed by atoms with Crippen LogP contribution in [-0.2, 0) is 42.8 Å². The van der Waals surface area contributed by atoms with E-state index in [4.69, 9.17) is 48.8 Å². The minimum Gasteiger partial charge on any atom is -0.394 e. The van der Waals surface area contributed by atoms with Crippen LogP contribution in [0, 0.1) is 0 Å². The van der Waals surface area contributed by atoms with E-state index in [9.17, 15) is 80.8 Å². The maximum absolute atomic E-state index is 11.4. The molecule has 5 aliphatic heterocycles. The zero-order valence-electron chi connectivity index (χ0n) is 45.0. The highest BCUT2D eigenvalue weighted by Crippen LogP contribution is 2.25. The first-order valence-corrected chi connectivity index (χ1v) is 28.0. The van der Waals surface area contributed by atoms with Gasteiger partial charge in [-0.1, -0.05) is 27.7 Å². The molecule has 0 aromatic rings. The summed E-state index contributed by atoms with van der Waals surface area (Å²) in [4.78, 5) is 34.1. The smallest absolute Gasteiger partial charge is 0.221 e. The molecule has 5 aliphatic rings. The Bertz CT molecular complexity index is 1550. The molecule has 0 spiro atoms. The first kappa shape index (κ1) is 78.5. The number of hydrogen-bond donors (Lipinski definition) is 23. The Kier molecular flexibility index (Phi) is 40.0. The molecule has 20 N–H and O–H groups in total. The lowest BCUT2D eigenvalue weighted by Gasteiger charge is -2.41. The van der Waals surface area contributed by atoms with Gasteiger partial charge in [0.25, 0.3) is 0 Å². The predicted molar refractivity (Wildman–Crippen MR) is 292 cm³/mol. The van der Waals surface area contributed by atoms with Crippen molar-refractivity contribution in [3.63, 3.8) is 0 Å². The lowest BCUT2D eigenvalue weighted by Crippen LogP contribution is -2.64. The second kappa shape index (κ2) is 40.8. The summed E-state index contributed by atoms with van der Waals surface area (Å²) in [5.41, 5.74) is 0. The Hall–Kier alpha value is -1.46. The fourth-order valence-corrected chi connectivity index (χ4v) is 9.01. The van der Waals surface area contributed by atoms with E-state index in [1.54, 1.807) is 20.8 Å². The van der Waals surface area contributed by atoms with Gasteiger partial charge < -0.3 is 131 Å². The number of rotatable bonds is 18. The zero-order chi connectivity index (χ0) is 60.4. The Morgan fingerprint density at radius 3 is 1.18 bits per heavy atom. The van der Waals surface area contributed by atoms with E-state index in [1.807, 2.05) is 13.8 Å². The summed E-state index contributed by atoms with van der Waals surface area (Å²) in [6, 6.07) is -2.45. The standard InChI is InChI=1S/C10H19NO6.2C10H19NO5S.C10H20O6.C7H14O4S.CH4/c1-2-3-6(13)11-7-9(15)8(14)5(4-12)17-10(7)16;2*1-5-8(11-7(13)2-3-17)10(15)9(14)6(4-12)16-5;1-2-3-4-15-10-9(14)8(13)7(12)6(5-11)16-10;1-3-5(8)7(10)6(9)4(2-12)11-3;/h5,7-10,12,14-16H,2-4H2,1H3,(H,11,13);2*5-6,8-10,12,14-15,17H,2-4H2,1H3,(H,11,13);6-14H,2-5H2,1H3;3-10,12H,2H2,1H3;1H4/t5?,7?,8-,9-,10?;5?,6?,8?,9-,10+;5?,6?,8?,9-,10-;6?,7-,8-,9?,10-;3-,4?,5?,6+,7-;/m10101./s1. The molecule has 13 unspecified atom stereocenters. The van der Waals surface area contributed by atoms with Crippen molar-refractivity contribution in [2.45, 2.75) is 233 Å². The van der Waals surface area contributed by atoms with Crippen molar-refractivity contribution in [2.24, 2.45) is 0 Å². The predicted octanol–water partition coefficient (Wildman–Crippen LogP) is -7.69. The van der Waals surface area contributed by atoms with Crippen molar-refractivity contribution in [1.29, 1.82) is 0 Å². The van der Waals surface area contributed by atoms with Crippen molar-refractivity contribution in [1.82, 2.24) is 16.0 Å². The fraction of sp³-hybridized carbons (Fsp3) is 0.938. The van der Waals surface area contributed by atoms with E-state index >= 15 is 0 Å². The van der Waals surface area contributed by atoms with Crippen molar-refractivity contribution >= 4 is 55.6 Å². The van der Waals surface area contributed by atoms with Crippen LogP contribution in [0.15, 0.2) is 0 Å². The van der Waals surface area contributed by atoms with Crippen LogP contribution in [0.2, 0.25) is 0 Å². The molecule has 0 aliphatic carbocycles. The van der Waals surface area contributed by atoms with E-state index in [-0.39, 0.29) is 57.6 Å². The zero-order valence-corrected chi connectivity index (χ0v) is 47.6. The van der Waals surface area contributed by atoms with Gasteiger partial charge in [0.05, 0.1) is 62.9 Å². The van der Waals surface area contributed by atoms with Crippen LogP contribution in [0.25, 0.3) is 0 Å². The molecule has 0 aromatic heterocycles. The highest BCUT2D eigenvalue weighted by Gasteiger charge is 2.47. The molecule has 80 heavy (non-hydrogen) atoms. The van der Waals surface area contributed by atoms with E-state index in [2.05, 4.69) is 53.8 Å². The normalized spacial score (nSPS) is 39.5. The van der Waals surface area contributed by atoms with Crippen LogP contribution in [0.4, 0.5) is 0 Å². The van der Waals surface area contributed by atoms with Gasteiger partial charge in [-0.25, -0.2) is 0 Å². The number of aliphatic hydroxyl groups is 17. The minimum atomic E-state index is -1.45. The summed E-state index contributed by atoms with van der Waals surface area (Å²) >= 11 is 11.8. The first-order chi connectivity index (χ1) is 37.2. The number of nitrogens with one attached hydrogen (secondary N) is 3. The van der Waals surface area contributed by atoms with E-state index < -0.39 is 166 Å². The molecule has 25 atom stereocenters. The van der Waals surface area contributed by atoms with E-state index in [0.717, 1.165) is 12.8 Å². The monoisotopic (exact) mass is 1230 g/mol. The minimum absolute atomic E-state index is 0. The topological polar surface area (TPSA) is 487 Å². The van der Waals surface area contributed by atoms with E-state index in [0.29, 0.717) is 30.3 Å². The summed E-state index contributed by atoms with van der Waals surface area (Å²) < 4.78 is 31.1. The third-order valence-corrected chi connectivity index (χ3v) is 14.0. The Morgan fingerprint density at radius 1 is 0.425 bits per heavy atom. The van der Waals surface area contributed by atoms with Crippen LogP contribution < -0.4 is 16.0 Å². The van der Waals surface area contributed by atoms with Gasteiger partial charge in [0, 0.05) is 31.6 Å². The van der Waals surface area contributed by atoms with Crippen LogP contribution in [0.5, 0.6) is 0 Å². The maximum Gasteiger partial charge on any atom is 0.221 e. The molecule has 0 aromatic carbocycles. The second-order valence-electron chi connectivity index (χ2n) is 19.2. The molecule has 29 nitrogen and oxygen atoms in total. The summed E-state index contributed by atoms with van der Waals surface area (Å²) in [6.45, 7) is 7.50. The van der Waals surface area contributed by atoms with E-state index in [1.165, 1.54) is 0 Å². The maximum atomic E-state index is 11.4. The van der Waals surface area contributed by atoms with Gasteiger partial charge in [0.15, 0.2) is 12.6 Å². The summed E-state index contributed by atoms with van der Waals surface area (Å²) in [5, 5.41) is 168. The molecule has 5 rings (SSSR count). The highest BCUT2D eigenvalue weighted by molar-refractivity contribution is 7.80. The number of aliphatic hydroxyl groups excluding tert-OH is 17. The van der Waals surface area contributed by atoms with Crippen LogP contribution in [0.3, 0.4) is 0 Å². The number of hydrogen-bond acceptors (Lipinski definition) is 29. The summed E-state index contributed by atoms with van der Waals surface area (Å²) in [6.07, 6.45) is -19.5. The molecule has 476 valence electrons. The number of amides is 3. The third kappa shape index (κ3) is 24.1. The molecule has 0 saturated carbocycles. The summed E-state index contributed by atoms with van der Waals surface area (Å²) in [5.74, 6) is 0.296. The van der Waals surface area contributed by atoms with Gasteiger partial charge in [0.1, 0.15) is 104 Å². The number of ether oxygens (including phenoxy) is 6. The number of carbonyl (C=O) groups is 3. The van der Waals surface area contributed by atoms with Crippen LogP contribution in [-0.4, -0.2) is 308 Å². The fourth-order valence-electron chi connectivity index (χ4n) is 8.30. The molecule has 5 fully saturated rings. The van der Waals surface area contributed by atoms with Crippen LogP contribution in [0.1, 0.15) is 80.6 Å². The lowest BCUT2D eigenvalue weighted by molar-refractivity contribution is -0.301. The van der Waals surface area contributed by atoms with Crippen molar-refractivity contribution in [3.05, 3.63) is 0 Å². The van der Waals surface area contributed by atoms with Gasteiger partial charge in [0.2, 0.25) is 17.7 Å². The average Bonchev–Trinajstić information content (AvgIpc) is 3.42. The molecule has 5 heterocycles. The highest BCUT2D eigenvalue weighted by atomic mass is 32.1.